The van der Waals surface area contributed by atoms with Gasteiger partial charge < -0.3 is 0 Å². The van der Waals surface area contributed by atoms with E-state index in [1.807, 2.05) is 47.8 Å². The molecule has 0 atom stereocenters. The van der Waals surface area contributed by atoms with Crippen LogP contribution in [-0.2, 0) is 0 Å². The van der Waals surface area contributed by atoms with Gasteiger partial charge in [0.2, 0.25) is 0 Å². The van der Waals surface area contributed by atoms with Gasteiger partial charge in [0.15, 0.2) is 0 Å². The van der Waals surface area contributed by atoms with Crippen molar-refractivity contribution in [3.05, 3.63) is 39.1 Å². The molecule has 0 radical (unpaired) electrons. The molecular formula is C12H9ClS2. The van der Waals surface area contributed by atoms with Gasteiger partial charge in [-0.2, -0.15) is 0 Å². The molecule has 1 aliphatic heterocycles. The van der Waals surface area contributed by atoms with Gasteiger partial charge in [0, 0.05) is 16.5 Å². The maximum Gasteiger partial charge on any atom is 0.0565 e. The lowest BCUT2D eigenvalue weighted by atomic mass is 10.1. The zero-order valence-corrected chi connectivity index (χ0v) is 10.4. The van der Waals surface area contributed by atoms with Crippen molar-refractivity contribution in [1.82, 2.24) is 0 Å². The molecule has 1 heterocycles. The Kier molecular flexibility index (Phi) is 3.69. The Labute approximate surface area is 103 Å². The minimum Gasteiger partial charge on any atom is -0.117 e. The zero-order valence-electron chi connectivity index (χ0n) is 8.00. The molecule has 0 N–H and O–H groups in total. The first-order chi connectivity index (χ1) is 7.31. The number of terminal acetylenes is 1. The third-order valence-corrected chi connectivity index (χ3v) is 5.00. The highest BCUT2D eigenvalue weighted by molar-refractivity contribution is 8.25. The van der Waals surface area contributed by atoms with Crippen LogP contribution in [0.4, 0.5) is 0 Å². The van der Waals surface area contributed by atoms with Gasteiger partial charge in [-0.05, 0) is 17.7 Å². The van der Waals surface area contributed by atoms with Gasteiger partial charge >= 0.3 is 0 Å². The van der Waals surface area contributed by atoms with Crippen LogP contribution >= 0.6 is 35.1 Å². The van der Waals surface area contributed by atoms with Crippen molar-refractivity contribution in [2.24, 2.45) is 0 Å². The Morgan fingerprint density at radius 3 is 2.33 bits per heavy atom. The number of rotatable bonds is 1. The Hall–Kier alpha value is -0.490. The van der Waals surface area contributed by atoms with Crippen LogP contribution in [0.25, 0.3) is 5.57 Å². The molecule has 1 aromatic rings. The lowest BCUT2D eigenvalue weighted by Gasteiger charge is -2.03. The fourth-order valence-electron chi connectivity index (χ4n) is 1.33. The highest BCUT2D eigenvalue weighted by Crippen LogP contribution is 2.41. The van der Waals surface area contributed by atoms with Crippen molar-refractivity contribution in [2.75, 3.05) is 11.5 Å². The summed E-state index contributed by atoms with van der Waals surface area (Å²) in [5.41, 5.74) is 2.08. The number of thioether (sulfide) groups is 2. The second-order valence-corrected chi connectivity index (χ2v) is 5.92. The van der Waals surface area contributed by atoms with Crippen LogP contribution in [0.3, 0.4) is 0 Å². The first-order valence-electron chi connectivity index (χ1n) is 4.53. The lowest BCUT2D eigenvalue weighted by Crippen LogP contribution is -1.82. The number of hydrogen-bond acceptors (Lipinski definition) is 2. The third-order valence-electron chi connectivity index (χ3n) is 2.03. The zero-order chi connectivity index (χ0) is 10.7. The van der Waals surface area contributed by atoms with Gasteiger partial charge in [-0.15, -0.1) is 29.9 Å². The molecular weight excluding hydrogens is 244 g/mol. The van der Waals surface area contributed by atoms with E-state index in [2.05, 4.69) is 5.92 Å². The standard InChI is InChI=1S/C12H9ClS2/c1-2-11(12-14-7-8-15-12)9-3-5-10(13)6-4-9/h1,3-6H,7-8H2. The minimum atomic E-state index is 0.742. The summed E-state index contributed by atoms with van der Waals surface area (Å²) in [4.78, 5) is 0. The first kappa shape index (κ1) is 11.0. The fraction of sp³-hybridized carbons (Fsp3) is 0.167. The topological polar surface area (TPSA) is 0 Å². The van der Waals surface area contributed by atoms with E-state index in [0.29, 0.717) is 0 Å². The van der Waals surface area contributed by atoms with E-state index in [1.54, 1.807) is 0 Å². The van der Waals surface area contributed by atoms with E-state index in [4.69, 9.17) is 18.0 Å². The molecule has 0 bridgehead atoms. The molecule has 0 spiro atoms. The summed E-state index contributed by atoms with van der Waals surface area (Å²) in [6, 6.07) is 7.70. The second-order valence-electron chi connectivity index (χ2n) is 3.01. The largest absolute Gasteiger partial charge is 0.117 e. The van der Waals surface area contributed by atoms with Crippen molar-refractivity contribution in [2.45, 2.75) is 0 Å². The van der Waals surface area contributed by atoms with Gasteiger partial charge in [-0.1, -0.05) is 29.7 Å². The van der Waals surface area contributed by atoms with Gasteiger partial charge in [0.05, 0.1) is 9.81 Å². The quantitative estimate of drug-likeness (QED) is 0.690. The van der Waals surface area contributed by atoms with Crippen LogP contribution in [0.1, 0.15) is 5.56 Å². The van der Waals surface area contributed by atoms with Crippen molar-refractivity contribution >= 4 is 40.7 Å². The molecule has 1 saturated heterocycles. The van der Waals surface area contributed by atoms with Gasteiger partial charge in [0.1, 0.15) is 0 Å². The van der Waals surface area contributed by atoms with Crippen LogP contribution < -0.4 is 0 Å². The van der Waals surface area contributed by atoms with Gasteiger partial charge in [0.25, 0.3) is 0 Å². The van der Waals surface area contributed by atoms with Gasteiger partial charge in [-0.3, -0.25) is 0 Å². The predicted molar refractivity (Wildman–Crippen MR) is 72.1 cm³/mol. The molecule has 76 valence electrons. The first-order valence-corrected chi connectivity index (χ1v) is 6.88. The smallest absolute Gasteiger partial charge is 0.0565 e. The van der Waals surface area contributed by atoms with Crippen LogP contribution in [0.15, 0.2) is 28.5 Å². The van der Waals surface area contributed by atoms with Crippen molar-refractivity contribution in [3.63, 3.8) is 0 Å². The summed E-state index contributed by atoms with van der Waals surface area (Å²) in [7, 11) is 0. The van der Waals surface area contributed by atoms with Crippen molar-refractivity contribution < 1.29 is 0 Å². The Bertz CT molecular complexity index is 418. The summed E-state index contributed by atoms with van der Waals surface area (Å²) in [6.07, 6.45) is 5.56. The summed E-state index contributed by atoms with van der Waals surface area (Å²) in [5.74, 6) is 5.08. The second kappa shape index (κ2) is 5.03. The van der Waals surface area contributed by atoms with Crippen molar-refractivity contribution in [3.8, 4) is 12.3 Å². The number of allylic oxidation sites excluding steroid dienone is 1. The molecule has 3 heteroatoms. The van der Waals surface area contributed by atoms with E-state index >= 15 is 0 Å². The van der Waals surface area contributed by atoms with Crippen molar-refractivity contribution in [1.29, 1.82) is 0 Å². The predicted octanol–water partition coefficient (Wildman–Crippen LogP) is 4.12. The molecule has 0 unspecified atom stereocenters. The molecule has 0 aliphatic carbocycles. The average Bonchev–Trinajstić information content (AvgIpc) is 2.75. The maximum atomic E-state index is 5.84. The van der Waals surface area contributed by atoms with Crippen LogP contribution in [0.5, 0.6) is 0 Å². The fourth-order valence-corrected chi connectivity index (χ4v) is 3.97. The monoisotopic (exact) mass is 252 g/mol. The summed E-state index contributed by atoms with van der Waals surface area (Å²) in [6.45, 7) is 0. The molecule has 0 saturated carbocycles. The molecule has 0 aromatic heterocycles. The van der Waals surface area contributed by atoms with E-state index in [-0.39, 0.29) is 0 Å². The SMILES string of the molecule is C#CC(=C1SCCS1)c1ccc(Cl)cc1. The molecule has 1 aromatic carbocycles. The average molecular weight is 253 g/mol. The molecule has 1 fully saturated rings. The molecule has 0 amide bonds. The molecule has 2 rings (SSSR count). The minimum absolute atomic E-state index is 0.742. The normalized spacial score (nSPS) is 15.1. The Morgan fingerprint density at radius 1 is 1.20 bits per heavy atom. The van der Waals surface area contributed by atoms with Crippen LogP contribution in [0, 0.1) is 12.3 Å². The van der Waals surface area contributed by atoms with E-state index in [1.165, 1.54) is 4.24 Å². The third kappa shape index (κ3) is 2.55. The number of halogens is 1. The highest BCUT2D eigenvalue weighted by atomic mass is 35.5. The number of benzene rings is 1. The van der Waals surface area contributed by atoms with Gasteiger partial charge in [-0.25, -0.2) is 0 Å². The Morgan fingerprint density at radius 2 is 1.80 bits per heavy atom. The van der Waals surface area contributed by atoms with Crippen LogP contribution in [-0.4, -0.2) is 11.5 Å². The Balaban J connectivity index is 2.39. The van der Waals surface area contributed by atoms with E-state index in [9.17, 15) is 0 Å². The summed E-state index contributed by atoms with van der Waals surface area (Å²) < 4.78 is 1.26. The lowest BCUT2D eigenvalue weighted by molar-refractivity contribution is 1.59. The molecule has 1 aliphatic rings. The van der Waals surface area contributed by atoms with E-state index < -0.39 is 0 Å². The van der Waals surface area contributed by atoms with Crippen LogP contribution in [0.2, 0.25) is 5.02 Å². The highest BCUT2D eigenvalue weighted by Gasteiger charge is 2.14. The summed E-state index contributed by atoms with van der Waals surface area (Å²) >= 11 is 9.52. The number of hydrogen-bond donors (Lipinski definition) is 0. The molecule has 15 heavy (non-hydrogen) atoms. The summed E-state index contributed by atoms with van der Waals surface area (Å²) in [5, 5.41) is 0.742. The molecule has 0 nitrogen and oxygen atoms in total. The maximum absolute atomic E-state index is 5.84. The van der Waals surface area contributed by atoms with E-state index in [0.717, 1.165) is 27.7 Å².